The van der Waals surface area contributed by atoms with Crippen molar-refractivity contribution in [1.29, 1.82) is 0 Å². The van der Waals surface area contributed by atoms with Gasteiger partial charge in [-0.25, -0.2) is 8.42 Å². The van der Waals surface area contributed by atoms with Gasteiger partial charge in [0.15, 0.2) is 0 Å². The van der Waals surface area contributed by atoms with E-state index in [1.165, 1.54) is 12.1 Å². The Bertz CT molecular complexity index is 743. The third-order valence-corrected chi connectivity index (χ3v) is 4.64. The van der Waals surface area contributed by atoms with Crippen molar-refractivity contribution in [2.24, 2.45) is 5.73 Å². The zero-order chi connectivity index (χ0) is 14.8. The van der Waals surface area contributed by atoms with Crippen molar-refractivity contribution in [2.75, 3.05) is 4.72 Å². The van der Waals surface area contributed by atoms with Crippen LogP contribution in [0.2, 0.25) is 0 Å². The molecule has 2 rings (SSSR count). The summed E-state index contributed by atoms with van der Waals surface area (Å²) in [5.74, 6) is 0. The highest BCUT2D eigenvalue weighted by Crippen LogP contribution is 2.19. The second kappa shape index (κ2) is 5.90. The summed E-state index contributed by atoms with van der Waals surface area (Å²) in [4.78, 5) is 0.455. The predicted molar refractivity (Wildman–Crippen MR) is 87.3 cm³/mol. The molecular formula is C13H11BrN2O2S2. The van der Waals surface area contributed by atoms with E-state index in [0.717, 1.165) is 0 Å². The van der Waals surface area contributed by atoms with Gasteiger partial charge in [0.2, 0.25) is 0 Å². The van der Waals surface area contributed by atoms with Crippen molar-refractivity contribution in [1.82, 2.24) is 0 Å². The summed E-state index contributed by atoms with van der Waals surface area (Å²) in [6.07, 6.45) is 0. The highest BCUT2D eigenvalue weighted by molar-refractivity contribution is 9.10. The summed E-state index contributed by atoms with van der Waals surface area (Å²) < 4.78 is 27.6. The maximum atomic E-state index is 12.2. The first-order valence-electron chi connectivity index (χ1n) is 5.57. The minimum Gasteiger partial charge on any atom is -0.389 e. The Morgan fingerprint density at radius 3 is 2.35 bits per heavy atom. The van der Waals surface area contributed by atoms with Crippen molar-refractivity contribution < 1.29 is 8.42 Å². The van der Waals surface area contributed by atoms with Gasteiger partial charge in [-0.1, -0.05) is 34.2 Å². The SMILES string of the molecule is NC(=S)c1ccc(NS(=O)(=O)c2cccc(Br)c2)cc1. The normalized spacial score (nSPS) is 11.1. The molecule has 0 radical (unpaired) electrons. The molecular weight excluding hydrogens is 360 g/mol. The van der Waals surface area contributed by atoms with Gasteiger partial charge in [0.1, 0.15) is 4.99 Å². The molecule has 0 spiro atoms. The molecule has 3 N–H and O–H groups in total. The average Bonchev–Trinajstić information content (AvgIpc) is 2.39. The van der Waals surface area contributed by atoms with Gasteiger partial charge in [-0.15, -0.1) is 0 Å². The monoisotopic (exact) mass is 370 g/mol. The quantitative estimate of drug-likeness (QED) is 0.811. The van der Waals surface area contributed by atoms with E-state index >= 15 is 0 Å². The molecule has 0 amide bonds. The fourth-order valence-electron chi connectivity index (χ4n) is 1.55. The number of benzene rings is 2. The number of nitrogens with two attached hydrogens (primary N) is 1. The molecule has 2 aromatic carbocycles. The van der Waals surface area contributed by atoms with E-state index in [4.69, 9.17) is 18.0 Å². The Morgan fingerprint density at radius 1 is 1.15 bits per heavy atom. The summed E-state index contributed by atoms with van der Waals surface area (Å²) in [5.41, 5.74) is 6.62. The third kappa shape index (κ3) is 3.56. The number of halogens is 1. The van der Waals surface area contributed by atoms with Crippen LogP contribution in [-0.2, 0) is 10.0 Å². The molecule has 0 saturated carbocycles. The summed E-state index contributed by atoms with van der Waals surface area (Å²) in [6, 6.07) is 13.0. The zero-order valence-electron chi connectivity index (χ0n) is 10.2. The van der Waals surface area contributed by atoms with E-state index in [9.17, 15) is 8.42 Å². The first-order valence-corrected chi connectivity index (χ1v) is 8.25. The van der Waals surface area contributed by atoms with E-state index < -0.39 is 10.0 Å². The van der Waals surface area contributed by atoms with Gasteiger partial charge in [-0.2, -0.15) is 0 Å². The van der Waals surface area contributed by atoms with Gasteiger partial charge in [-0.3, -0.25) is 4.72 Å². The minimum atomic E-state index is -3.61. The molecule has 0 heterocycles. The lowest BCUT2D eigenvalue weighted by molar-refractivity contribution is 0.601. The molecule has 4 nitrogen and oxygen atoms in total. The van der Waals surface area contributed by atoms with Gasteiger partial charge >= 0.3 is 0 Å². The molecule has 0 bridgehead atoms. The van der Waals surface area contributed by atoms with Crippen LogP contribution < -0.4 is 10.5 Å². The Morgan fingerprint density at radius 2 is 1.80 bits per heavy atom. The molecule has 104 valence electrons. The van der Waals surface area contributed by atoms with Gasteiger partial charge in [0.25, 0.3) is 10.0 Å². The zero-order valence-corrected chi connectivity index (χ0v) is 13.4. The molecule has 0 saturated heterocycles. The molecule has 2 aromatic rings. The van der Waals surface area contributed by atoms with Crippen molar-refractivity contribution >= 4 is 48.8 Å². The van der Waals surface area contributed by atoms with Gasteiger partial charge in [0, 0.05) is 15.7 Å². The molecule has 0 atom stereocenters. The molecule has 7 heteroatoms. The lowest BCUT2D eigenvalue weighted by atomic mass is 10.2. The number of nitrogens with one attached hydrogen (secondary N) is 1. The fraction of sp³-hybridized carbons (Fsp3) is 0. The Balaban J connectivity index is 2.26. The van der Waals surface area contributed by atoms with Crippen molar-refractivity contribution in [2.45, 2.75) is 4.90 Å². The van der Waals surface area contributed by atoms with Crippen LogP contribution in [0.3, 0.4) is 0 Å². The predicted octanol–water partition coefficient (Wildman–Crippen LogP) is 2.88. The molecule has 0 aliphatic heterocycles. The maximum Gasteiger partial charge on any atom is 0.261 e. The first kappa shape index (κ1) is 15.0. The first-order chi connectivity index (χ1) is 9.38. The van der Waals surface area contributed by atoms with Crippen LogP contribution in [-0.4, -0.2) is 13.4 Å². The number of anilines is 1. The Labute approximate surface area is 131 Å². The van der Waals surface area contributed by atoms with Crippen molar-refractivity contribution in [3.63, 3.8) is 0 Å². The molecule has 20 heavy (non-hydrogen) atoms. The van der Waals surface area contributed by atoms with Crippen LogP contribution in [0, 0.1) is 0 Å². The number of sulfonamides is 1. The topological polar surface area (TPSA) is 72.2 Å². The lowest BCUT2D eigenvalue weighted by Gasteiger charge is -2.09. The second-order valence-corrected chi connectivity index (χ2v) is 7.04. The lowest BCUT2D eigenvalue weighted by Crippen LogP contribution is -2.13. The summed E-state index contributed by atoms with van der Waals surface area (Å²) in [6.45, 7) is 0. The molecule has 0 unspecified atom stereocenters. The van der Waals surface area contributed by atoms with Crippen LogP contribution in [0.5, 0.6) is 0 Å². The van der Waals surface area contributed by atoms with Crippen molar-refractivity contribution in [3.8, 4) is 0 Å². The highest BCUT2D eigenvalue weighted by atomic mass is 79.9. The fourth-order valence-corrected chi connectivity index (χ4v) is 3.34. The minimum absolute atomic E-state index is 0.185. The van der Waals surface area contributed by atoms with Crippen molar-refractivity contribution in [3.05, 3.63) is 58.6 Å². The van der Waals surface area contributed by atoms with E-state index in [1.807, 2.05) is 0 Å². The van der Waals surface area contributed by atoms with Gasteiger partial charge in [0.05, 0.1) is 4.90 Å². The van der Waals surface area contributed by atoms with Crippen LogP contribution in [0.25, 0.3) is 0 Å². The summed E-state index contributed by atoms with van der Waals surface area (Å²) in [5, 5.41) is 0. The highest BCUT2D eigenvalue weighted by Gasteiger charge is 2.14. The third-order valence-electron chi connectivity index (χ3n) is 2.53. The largest absolute Gasteiger partial charge is 0.389 e. The molecule has 0 aromatic heterocycles. The number of hydrogen-bond acceptors (Lipinski definition) is 3. The number of rotatable bonds is 4. The maximum absolute atomic E-state index is 12.2. The Kier molecular flexibility index (Phi) is 4.42. The molecule has 0 aliphatic carbocycles. The summed E-state index contributed by atoms with van der Waals surface area (Å²) in [7, 11) is -3.61. The van der Waals surface area contributed by atoms with E-state index in [0.29, 0.717) is 15.7 Å². The van der Waals surface area contributed by atoms with E-state index in [1.54, 1.807) is 36.4 Å². The standard InChI is InChI=1S/C13H11BrN2O2S2/c14-10-2-1-3-12(8-10)20(17,18)16-11-6-4-9(5-7-11)13(15)19/h1-8,16H,(H2,15,19). The second-order valence-electron chi connectivity index (χ2n) is 4.00. The number of thiocarbonyl (C=S) groups is 1. The molecule has 0 aliphatic rings. The van der Waals surface area contributed by atoms with E-state index in [2.05, 4.69) is 20.7 Å². The van der Waals surface area contributed by atoms with Crippen LogP contribution in [0.4, 0.5) is 5.69 Å². The van der Waals surface area contributed by atoms with Crippen LogP contribution >= 0.6 is 28.1 Å². The van der Waals surface area contributed by atoms with E-state index in [-0.39, 0.29) is 9.88 Å². The average molecular weight is 371 g/mol. The smallest absolute Gasteiger partial charge is 0.261 e. The van der Waals surface area contributed by atoms with Crippen LogP contribution in [0.1, 0.15) is 5.56 Å². The number of hydrogen-bond donors (Lipinski definition) is 2. The van der Waals surface area contributed by atoms with Gasteiger partial charge in [-0.05, 0) is 42.5 Å². The molecule has 0 fully saturated rings. The Hall–Kier alpha value is -1.44. The van der Waals surface area contributed by atoms with Crippen LogP contribution in [0.15, 0.2) is 57.9 Å². The van der Waals surface area contributed by atoms with Gasteiger partial charge < -0.3 is 5.73 Å². The summed E-state index contributed by atoms with van der Waals surface area (Å²) >= 11 is 8.08.